The Hall–Kier alpha value is -2.49. The molecule has 1 aromatic heterocycles. The normalized spacial score (nSPS) is 10.6. The SMILES string of the molecule is CCOc1ccc(NC(=O)/C=C\c2ccco2)cc1. The van der Waals surface area contributed by atoms with Crippen molar-refractivity contribution in [2.24, 2.45) is 0 Å². The van der Waals surface area contributed by atoms with Gasteiger partial charge in [0, 0.05) is 11.8 Å². The minimum atomic E-state index is -0.208. The zero-order valence-corrected chi connectivity index (χ0v) is 10.6. The number of furan rings is 1. The van der Waals surface area contributed by atoms with Crippen molar-refractivity contribution < 1.29 is 13.9 Å². The minimum absolute atomic E-state index is 0.208. The number of carbonyl (C=O) groups is 1. The highest BCUT2D eigenvalue weighted by atomic mass is 16.5. The van der Waals surface area contributed by atoms with Gasteiger partial charge >= 0.3 is 0 Å². The molecule has 0 saturated heterocycles. The first-order valence-corrected chi connectivity index (χ1v) is 6.03. The fourth-order valence-electron chi connectivity index (χ4n) is 1.53. The molecule has 1 aromatic carbocycles. The Morgan fingerprint density at radius 3 is 2.74 bits per heavy atom. The van der Waals surface area contributed by atoms with Crippen molar-refractivity contribution in [3.05, 3.63) is 54.5 Å². The molecule has 2 rings (SSSR count). The van der Waals surface area contributed by atoms with Crippen LogP contribution in [0.2, 0.25) is 0 Å². The Morgan fingerprint density at radius 1 is 1.32 bits per heavy atom. The molecule has 0 aliphatic rings. The zero-order valence-electron chi connectivity index (χ0n) is 10.6. The van der Waals surface area contributed by atoms with E-state index < -0.39 is 0 Å². The Kier molecular flexibility index (Phi) is 4.39. The molecule has 98 valence electrons. The van der Waals surface area contributed by atoms with Crippen LogP contribution in [-0.2, 0) is 4.79 Å². The van der Waals surface area contributed by atoms with Gasteiger partial charge in [-0.2, -0.15) is 0 Å². The molecule has 0 radical (unpaired) electrons. The number of rotatable bonds is 5. The molecule has 0 atom stereocenters. The number of nitrogens with one attached hydrogen (secondary N) is 1. The summed E-state index contributed by atoms with van der Waals surface area (Å²) in [6, 6.07) is 10.8. The summed E-state index contributed by atoms with van der Waals surface area (Å²) in [7, 11) is 0. The second-order valence-corrected chi connectivity index (χ2v) is 3.80. The number of hydrogen-bond donors (Lipinski definition) is 1. The third kappa shape index (κ3) is 4.03. The van der Waals surface area contributed by atoms with Crippen LogP contribution in [0.5, 0.6) is 5.75 Å². The highest BCUT2D eigenvalue weighted by Crippen LogP contribution is 2.15. The summed E-state index contributed by atoms with van der Waals surface area (Å²) in [5.41, 5.74) is 0.720. The quantitative estimate of drug-likeness (QED) is 0.836. The molecule has 0 spiro atoms. The maximum atomic E-state index is 11.6. The van der Waals surface area contributed by atoms with Crippen molar-refractivity contribution in [3.63, 3.8) is 0 Å². The number of anilines is 1. The van der Waals surface area contributed by atoms with Crippen LogP contribution in [0.4, 0.5) is 5.69 Å². The summed E-state index contributed by atoms with van der Waals surface area (Å²) in [6.07, 6.45) is 4.60. The molecule has 0 aliphatic heterocycles. The third-order valence-corrected chi connectivity index (χ3v) is 2.38. The van der Waals surface area contributed by atoms with Gasteiger partial charge in [0.2, 0.25) is 5.91 Å². The molecule has 0 fully saturated rings. The van der Waals surface area contributed by atoms with Crippen LogP contribution in [0.3, 0.4) is 0 Å². The van der Waals surface area contributed by atoms with Gasteiger partial charge in [-0.15, -0.1) is 0 Å². The Labute approximate surface area is 111 Å². The van der Waals surface area contributed by atoms with Crippen molar-refractivity contribution in [2.75, 3.05) is 11.9 Å². The fraction of sp³-hybridized carbons (Fsp3) is 0.133. The van der Waals surface area contributed by atoms with E-state index in [1.165, 1.54) is 6.08 Å². The Morgan fingerprint density at radius 2 is 2.11 bits per heavy atom. The highest BCUT2D eigenvalue weighted by Gasteiger charge is 1.99. The Bertz CT molecular complexity index is 541. The minimum Gasteiger partial charge on any atom is -0.494 e. The van der Waals surface area contributed by atoms with Gasteiger partial charge in [0.15, 0.2) is 0 Å². The van der Waals surface area contributed by atoms with E-state index in [4.69, 9.17) is 9.15 Å². The van der Waals surface area contributed by atoms with Crippen LogP contribution in [0.15, 0.2) is 53.2 Å². The molecule has 2 aromatic rings. The molecule has 4 nitrogen and oxygen atoms in total. The lowest BCUT2D eigenvalue weighted by molar-refractivity contribution is -0.111. The van der Waals surface area contributed by atoms with Crippen molar-refractivity contribution in [3.8, 4) is 5.75 Å². The first-order chi connectivity index (χ1) is 9.28. The van der Waals surface area contributed by atoms with Gasteiger partial charge in [0.25, 0.3) is 0 Å². The molecule has 0 saturated carbocycles. The summed E-state index contributed by atoms with van der Waals surface area (Å²) in [4.78, 5) is 11.6. The fourth-order valence-corrected chi connectivity index (χ4v) is 1.53. The van der Waals surface area contributed by atoms with Crippen molar-refractivity contribution in [2.45, 2.75) is 6.92 Å². The summed E-state index contributed by atoms with van der Waals surface area (Å²) in [6.45, 7) is 2.55. The van der Waals surface area contributed by atoms with Crippen LogP contribution >= 0.6 is 0 Å². The maximum Gasteiger partial charge on any atom is 0.248 e. The first kappa shape index (κ1) is 13.0. The van der Waals surface area contributed by atoms with Gasteiger partial charge < -0.3 is 14.5 Å². The smallest absolute Gasteiger partial charge is 0.248 e. The van der Waals surface area contributed by atoms with Gasteiger partial charge in [-0.1, -0.05) is 0 Å². The first-order valence-electron chi connectivity index (χ1n) is 6.03. The number of carbonyl (C=O) groups excluding carboxylic acids is 1. The zero-order chi connectivity index (χ0) is 13.5. The molecule has 1 N–H and O–H groups in total. The second kappa shape index (κ2) is 6.44. The van der Waals surface area contributed by atoms with Crippen molar-refractivity contribution in [1.82, 2.24) is 0 Å². The van der Waals surface area contributed by atoms with Crippen molar-refractivity contribution >= 4 is 17.7 Å². The average Bonchev–Trinajstić information content (AvgIpc) is 2.92. The number of ether oxygens (including phenoxy) is 1. The highest BCUT2D eigenvalue weighted by molar-refractivity contribution is 6.01. The third-order valence-electron chi connectivity index (χ3n) is 2.38. The molecular formula is C15H15NO3. The summed E-state index contributed by atoms with van der Waals surface area (Å²) >= 11 is 0. The predicted octanol–water partition coefficient (Wildman–Crippen LogP) is 3.33. The lowest BCUT2D eigenvalue weighted by atomic mass is 10.3. The lowest BCUT2D eigenvalue weighted by Gasteiger charge is -2.05. The summed E-state index contributed by atoms with van der Waals surface area (Å²) in [5.74, 6) is 1.22. The van der Waals surface area contributed by atoms with Crippen LogP contribution < -0.4 is 10.1 Å². The molecule has 4 heteroatoms. The van der Waals surface area contributed by atoms with Gasteiger partial charge in [-0.25, -0.2) is 0 Å². The van der Waals surface area contributed by atoms with Crippen molar-refractivity contribution in [1.29, 1.82) is 0 Å². The summed E-state index contributed by atoms with van der Waals surface area (Å²) in [5, 5.41) is 2.75. The Balaban J connectivity index is 1.91. The van der Waals surface area contributed by atoms with E-state index in [0.717, 1.165) is 11.4 Å². The van der Waals surface area contributed by atoms with E-state index in [0.29, 0.717) is 12.4 Å². The van der Waals surface area contributed by atoms with Gasteiger partial charge in [0.05, 0.1) is 12.9 Å². The monoisotopic (exact) mass is 257 g/mol. The van der Waals surface area contributed by atoms with Crippen LogP contribution in [-0.4, -0.2) is 12.5 Å². The topological polar surface area (TPSA) is 51.5 Å². The van der Waals surface area contributed by atoms with Gasteiger partial charge in [-0.05, 0) is 49.4 Å². The number of hydrogen-bond acceptors (Lipinski definition) is 3. The average molecular weight is 257 g/mol. The van der Waals surface area contributed by atoms with Crippen LogP contribution in [0.1, 0.15) is 12.7 Å². The van der Waals surface area contributed by atoms with Gasteiger partial charge in [0.1, 0.15) is 11.5 Å². The van der Waals surface area contributed by atoms with Crippen LogP contribution in [0.25, 0.3) is 6.08 Å². The van der Waals surface area contributed by atoms with Crippen LogP contribution in [0, 0.1) is 0 Å². The molecule has 0 unspecified atom stereocenters. The molecule has 0 bridgehead atoms. The van der Waals surface area contributed by atoms with E-state index in [-0.39, 0.29) is 5.91 Å². The standard InChI is InChI=1S/C15H15NO3/c1-2-18-14-7-5-12(6-8-14)16-15(17)10-9-13-4-3-11-19-13/h3-11H,2H2,1H3,(H,16,17)/b10-9-. The number of amides is 1. The lowest BCUT2D eigenvalue weighted by Crippen LogP contribution is -2.07. The predicted molar refractivity (Wildman–Crippen MR) is 74.0 cm³/mol. The summed E-state index contributed by atoms with van der Waals surface area (Å²) < 4.78 is 10.4. The molecule has 1 heterocycles. The molecule has 1 amide bonds. The van der Waals surface area contributed by atoms with E-state index in [9.17, 15) is 4.79 Å². The number of benzene rings is 1. The molecular weight excluding hydrogens is 242 g/mol. The van der Waals surface area contributed by atoms with E-state index in [1.807, 2.05) is 19.1 Å². The molecule has 19 heavy (non-hydrogen) atoms. The second-order valence-electron chi connectivity index (χ2n) is 3.80. The largest absolute Gasteiger partial charge is 0.494 e. The van der Waals surface area contributed by atoms with E-state index >= 15 is 0 Å². The van der Waals surface area contributed by atoms with Gasteiger partial charge in [-0.3, -0.25) is 4.79 Å². The van der Waals surface area contributed by atoms with E-state index in [1.54, 1.807) is 36.6 Å². The van der Waals surface area contributed by atoms with E-state index in [2.05, 4.69) is 5.32 Å². The maximum absolute atomic E-state index is 11.6. The molecule has 0 aliphatic carbocycles.